The number of benzene rings is 3. The molecule has 5 heteroatoms. The minimum Gasteiger partial charge on any atom is -0.343 e. The Morgan fingerprint density at radius 3 is 2.25 bits per heavy atom. The van der Waals surface area contributed by atoms with Crippen LogP contribution in [0.15, 0.2) is 79.0 Å². The van der Waals surface area contributed by atoms with E-state index in [0.717, 1.165) is 17.1 Å². The van der Waals surface area contributed by atoms with Crippen LogP contribution in [0.4, 0.5) is 0 Å². The van der Waals surface area contributed by atoms with E-state index in [-0.39, 0.29) is 11.9 Å². The molecule has 3 nitrogen and oxygen atoms in total. The highest BCUT2D eigenvalue weighted by atomic mass is 35.5. The van der Waals surface area contributed by atoms with Crippen molar-refractivity contribution in [2.45, 2.75) is 32.4 Å². The van der Waals surface area contributed by atoms with Crippen LogP contribution in [-0.2, 0) is 17.8 Å². The summed E-state index contributed by atoms with van der Waals surface area (Å²) in [6.45, 7) is 2.80. The third kappa shape index (κ3) is 5.01. The molecule has 164 valence electrons. The molecule has 1 aromatic heterocycles. The van der Waals surface area contributed by atoms with E-state index in [9.17, 15) is 4.79 Å². The van der Waals surface area contributed by atoms with Gasteiger partial charge < -0.3 is 9.47 Å². The molecular formula is C27H26Cl2N2O. The van der Waals surface area contributed by atoms with Crippen molar-refractivity contribution in [3.05, 3.63) is 106 Å². The van der Waals surface area contributed by atoms with Crippen LogP contribution >= 0.6 is 23.2 Å². The largest absolute Gasteiger partial charge is 0.343 e. The number of nitrogens with zero attached hydrogens (tertiary/aromatic N) is 2. The minimum atomic E-state index is -0.00832. The average Bonchev–Trinajstić information content (AvgIpc) is 3.16. The van der Waals surface area contributed by atoms with E-state index < -0.39 is 0 Å². The van der Waals surface area contributed by atoms with Crippen LogP contribution in [-0.4, -0.2) is 22.4 Å². The number of aromatic nitrogens is 1. The van der Waals surface area contributed by atoms with E-state index in [1.54, 1.807) is 0 Å². The third-order valence-corrected chi connectivity index (χ3v) is 6.58. The zero-order valence-electron chi connectivity index (χ0n) is 18.3. The van der Waals surface area contributed by atoms with Gasteiger partial charge in [0.05, 0.1) is 6.04 Å². The number of para-hydroxylation sites is 1. The quantitative estimate of drug-likeness (QED) is 0.285. The summed E-state index contributed by atoms with van der Waals surface area (Å²) in [6, 6.07) is 24.0. The number of carbonyl (C=O) groups excluding carboxylic acids is 1. The summed E-state index contributed by atoms with van der Waals surface area (Å²) >= 11 is 12.0. The first kappa shape index (κ1) is 22.4. The number of fused-ring (bicyclic) bond motifs is 1. The van der Waals surface area contributed by atoms with Gasteiger partial charge in [-0.1, -0.05) is 65.7 Å². The summed E-state index contributed by atoms with van der Waals surface area (Å²) in [6.07, 6.45) is 3.34. The van der Waals surface area contributed by atoms with E-state index in [2.05, 4.69) is 35.0 Å². The normalized spacial score (nSPS) is 12.1. The Morgan fingerprint density at radius 2 is 1.56 bits per heavy atom. The first-order valence-corrected chi connectivity index (χ1v) is 11.5. The zero-order valence-corrected chi connectivity index (χ0v) is 19.8. The van der Waals surface area contributed by atoms with Crippen LogP contribution in [0.3, 0.4) is 0 Å². The van der Waals surface area contributed by atoms with E-state index >= 15 is 0 Å². The fourth-order valence-electron chi connectivity index (χ4n) is 4.04. The molecule has 4 rings (SSSR count). The Labute approximate surface area is 199 Å². The lowest BCUT2D eigenvalue weighted by molar-refractivity contribution is -0.131. The van der Waals surface area contributed by atoms with Crippen LogP contribution in [0.2, 0.25) is 10.0 Å². The van der Waals surface area contributed by atoms with Crippen molar-refractivity contribution in [2.24, 2.45) is 0 Å². The first-order chi connectivity index (χ1) is 15.4. The van der Waals surface area contributed by atoms with Crippen molar-refractivity contribution in [3.8, 4) is 0 Å². The maximum Gasteiger partial charge on any atom is 0.223 e. The lowest BCUT2D eigenvalue weighted by Gasteiger charge is -2.25. The van der Waals surface area contributed by atoms with Gasteiger partial charge in [-0.3, -0.25) is 4.79 Å². The van der Waals surface area contributed by atoms with Crippen molar-refractivity contribution in [1.82, 2.24) is 9.47 Å². The number of aryl methyl sites for hydroxylation is 1. The first-order valence-electron chi connectivity index (χ1n) is 10.7. The Balaban J connectivity index is 1.48. The molecular weight excluding hydrogens is 439 g/mol. The monoisotopic (exact) mass is 464 g/mol. The number of hydrogen-bond donors (Lipinski definition) is 0. The molecule has 1 heterocycles. The van der Waals surface area contributed by atoms with Crippen molar-refractivity contribution in [2.75, 3.05) is 7.05 Å². The summed E-state index contributed by atoms with van der Waals surface area (Å²) in [5, 5.41) is 2.63. The van der Waals surface area contributed by atoms with Crippen LogP contribution in [0.1, 0.15) is 36.1 Å². The minimum absolute atomic E-state index is 0.00832. The molecule has 0 radical (unpaired) electrons. The van der Waals surface area contributed by atoms with Gasteiger partial charge in [0, 0.05) is 47.2 Å². The van der Waals surface area contributed by atoms with Gasteiger partial charge in [0.1, 0.15) is 0 Å². The van der Waals surface area contributed by atoms with Crippen LogP contribution in [0.25, 0.3) is 10.9 Å². The van der Waals surface area contributed by atoms with E-state index in [0.29, 0.717) is 17.9 Å². The Kier molecular flexibility index (Phi) is 6.88. The number of halogens is 2. The highest BCUT2D eigenvalue weighted by Crippen LogP contribution is 2.26. The van der Waals surface area contributed by atoms with Crippen molar-refractivity contribution in [3.63, 3.8) is 0 Å². The van der Waals surface area contributed by atoms with Crippen molar-refractivity contribution in [1.29, 1.82) is 0 Å². The zero-order chi connectivity index (χ0) is 22.7. The van der Waals surface area contributed by atoms with Gasteiger partial charge in [-0.25, -0.2) is 0 Å². The molecule has 1 amide bonds. The molecule has 0 aliphatic heterocycles. The highest BCUT2D eigenvalue weighted by Gasteiger charge is 2.18. The predicted molar refractivity (Wildman–Crippen MR) is 133 cm³/mol. The average molecular weight is 465 g/mol. The van der Waals surface area contributed by atoms with Crippen LogP contribution in [0, 0.1) is 0 Å². The Hall–Kier alpha value is -2.75. The lowest BCUT2D eigenvalue weighted by Crippen LogP contribution is -2.29. The van der Waals surface area contributed by atoms with Crippen molar-refractivity contribution < 1.29 is 4.79 Å². The van der Waals surface area contributed by atoms with Gasteiger partial charge in [-0.2, -0.15) is 0 Å². The second-order valence-electron chi connectivity index (χ2n) is 8.16. The fourth-order valence-corrected chi connectivity index (χ4v) is 4.29. The van der Waals surface area contributed by atoms with Gasteiger partial charge in [0.25, 0.3) is 0 Å². The van der Waals surface area contributed by atoms with Gasteiger partial charge in [0.2, 0.25) is 5.91 Å². The molecule has 0 spiro atoms. The number of hydrogen-bond acceptors (Lipinski definition) is 1. The van der Waals surface area contributed by atoms with Gasteiger partial charge in [0.15, 0.2) is 0 Å². The summed E-state index contributed by atoms with van der Waals surface area (Å²) in [4.78, 5) is 14.8. The Morgan fingerprint density at radius 1 is 0.938 bits per heavy atom. The molecule has 0 N–H and O–H groups in total. The molecule has 0 bridgehead atoms. The number of rotatable bonds is 7. The maximum atomic E-state index is 12.9. The fraction of sp³-hybridized carbons (Fsp3) is 0.222. The summed E-state index contributed by atoms with van der Waals surface area (Å²) < 4.78 is 2.25. The van der Waals surface area contributed by atoms with Gasteiger partial charge in [-0.15, -0.1) is 0 Å². The SMILES string of the molecule is C[C@H](c1ccc(Cl)cc1)N(C)C(=O)CCc1cn(Cc2ccc(Cl)cc2)c2ccccc12. The van der Waals surface area contributed by atoms with E-state index in [4.69, 9.17) is 23.2 Å². The van der Waals surface area contributed by atoms with Gasteiger partial charge in [-0.05, 0) is 60.4 Å². The van der Waals surface area contributed by atoms with Gasteiger partial charge >= 0.3 is 0 Å². The van der Waals surface area contributed by atoms with Crippen molar-refractivity contribution >= 4 is 40.0 Å². The number of carbonyl (C=O) groups is 1. The molecule has 0 saturated heterocycles. The maximum absolute atomic E-state index is 12.9. The molecule has 0 fully saturated rings. The molecule has 0 aliphatic carbocycles. The predicted octanol–water partition coefficient (Wildman–Crippen LogP) is 7.15. The molecule has 4 aromatic rings. The van der Waals surface area contributed by atoms with E-state index in [1.807, 2.05) is 67.4 Å². The molecule has 0 aliphatic rings. The molecule has 32 heavy (non-hydrogen) atoms. The number of amides is 1. The molecule has 3 aromatic carbocycles. The molecule has 0 saturated carbocycles. The van der Waals surface area contributed by atoms with Crippen LogP contribution < -0.4 is 0 Å². The third-order valence-electron chi connectivity index (χ3n) is 6.07. The Bertz CT molecular complexity index is 1210. The summed E-state index contributed by atoms with van der Waals surface area (Å²) in [5.41, 5.74) is 4.63. The molecule has 1 atom stereocenters. The smallest absolute Gasteiger partial charge is 0.223 e. The summed E-state index contributed by atoms with van der Waals surface area (Å²) in [5.74, 6) is 0.127. The summed E-state index contributed by atoms with van der Waals surface area (Å²) in [7, 11) is 1.87. The standard InChI is InChI=1S/C27H26Cl2N2O/c1-19(21-9-14-24(29)15-10-21)30(2)27(32)16-11-22-18-31(26-6-4-3-5-25(22)26)17-20-7-12-23(28)13-8-20/h3-10,12-15,18-19H,11,16-17H2,1-2H3/t19-/m1/s1. The second-order valence-corrected chi connectivity index (χ2v) is 9.03. The van der Waals surface area contributed by atoms with Crippen LogP contribution in [0.5, 0.6) is 0 Å². The molecule has 0 unspecified atom stereocenters. The lowest BCUT2D eigenvalue weighted by atomic mass is 10.1. The second kappa shape index (κ2) is 9.81. The highest BCUT2D eigenvalue weighted by molar-refractivity contribution is 6.30. The topological polar surface area (TPSA) is 25.2 Å². The van der Waals surface area contributed by atoms with E-state index in [1.165, 1.54) is 22.0 Å².